The van der Waals surface area contributed by atoms with Crippen LogP contribution in [0.2, 0.25) is 0 Å². The van der Waals surface area contributed by atoms with Gasteiger partial charge in [-0.05, 0) is 66.5 Å². The zero-order chi connectivity index (χ0) is 15.6. The Bertz CT molecular complexity index is 741. The molecule has 21 heavy (non-hydrogen) atoms. The molecule has 1 aromatic heterocycles. The van der Waals surface area contributed by atoms with E-state index in [1.165, 1.54) is 15.8 Å². The molecule has 0 fully saturated rings. The molecular formula is C14H17BrN2O2S2. The minimum absolute atomic E-state index is 0.183. The summed E-state index contributed by atoms with van der Waals surface area (Å²) in [5, 5.41) is 0. The second-order valence-corrected chi connectivity index (χ2v) is 8.84. The van der Waals surface area contributed by atoms with E-state index in [4.69, 9.17) is 5.73 Å². The van der Waals surface area contributed by atoms with Gasteiger partial charge >= 0.3 is 0 Å². The zero-order valence-electron chi connectivity index (χ0n) is 11.8. The number of nitrogen functional groups attached to an aromatic ring is 1. The number of nitrogens with two attached hydrogens (primary N) is 1. The van der Waals surface area contributed by atoms with Crippen LogP contribution in [-0.2, 0) is 16.4 Å². The zero-order valence-corrected chi connectivity index (χ0v) is 15.0. The number of nitrogens with one attached hydrogen (secondary N) is 1. The van der Waals surface area contributed by atoms with Gasteiger partial charge in [0.1, 0.15) is 0 Å². The predicted molar refractivity (Wildman–Crippen MR) is 91.1 cm³/mol. The van der Waals surface area contributed by atoms with Gasteiger partial charge in [-0.1, -0.05) is 0 Å². The van der Waals surface area contributed by atoms with Crippen LogP contribution in [0.4, 0.5) is 5.69 Å². The standard InChI is InChI=1S/C14H17BrN2O2S2/c1-9(7-12-5-3-10(2)20-12)17-21(18,19)14-6-4-11(16)8-13(14)15/h3-6,8-9,17H,7,16H2,1-2H3. The maximum Gasteiger partial charge on any atom is 0.241 e. The minimum Gasteiger partial charge on any atom is -0.399 e. The summed E-state index contributed by atoms with van der Waals surface area (Å²) in [4.78, 5) is 2.59. The highest BCUT2D eigenvalue weighted by Gasteiger charge is 2.20. The molecule has 0 saturated heterocycles. The number of rotatable bonds is 5. The maximum atomic E-state index is 12.4. The highest BCUT2D eigenvalue weighted by atomic mass is 79.9. The summed E-state index contributed by atoms with van der Waals surface area (Å²) in [6.45, 7) is 3.90. The molecule has 0 saturated carbocycles. The van der Waals surface area contributed by atoms with Crippen LogP contribution < -0.4 is 10.5 Å². The fourth-order valence-electron chi connectivity index (χ4n) is 2.00. The highest BCUT2D eigenvalue weighted by molar-refractivity contribution is 9.10. The summed E-state index contributed by atoms with van der Waals surface area (Å²) >= 11 is 4.93. The average Bonchev–Trinajstić information content (AvgIpc) is 2.72. The first kappa shape index (κ1) is 16.5. The van der Waals surface area contributed by atoms with E-state index in [2.05, 4.69) is 20.7 Å². The van der Waals surface area contributed by atoms with Gasteiger partial charge in [-0.2, -0.15) is 0 Å². The molecule has 0 spiro atoms. The van der Waals surface area contributed by atoms with E-state index in [0.717, 1.165) is 0 Å². The van der Waals surface area contributed by atoms with E-state index in [0.29, 0.717) is 16.6 Å². The second kappa shape index (κ2) is 6.48. The molecule has 0 amide bonds. The molecule has 0 aliphatic carbocycles. The predicted octanol–water partition coefficient (Wildman–Crippen LogP) is 3.31. The summed E-state index contributed by atoms with van der Waals surface area (Å²) in [6, 6.07) is 8.55. The molecule has 0 aliphatic rings. The van der Waals surface area contributed by atoms with Crippen molar-refractivity contribution in [2.24, 2.45) is 0 Å². The molecule has 1 heterocycles. The number of hydrogen-bond donors (Lipinski definition) is 2. The Labute approximate surface area is 137 Å². The van der Waals surface area contributed by atoms with E-state index in [9.17, 15) is 8.42 Å². The van der Waals surface area contributed by atoms with Crippen molar-refractivity contribution in [2.75, 3.05) is 5.73 Å². The van der Waals surface area contributed by atoms with E-state index >= 15 is 0 Å². The van der Waals surface area contributed by atoms with Gasteiger partial charge in [0.2, 0.25) is 10.0 Å². The summed E-state index contributed by atoms with van der Waals surface area (Å²) < 4.78 is 27.9. The maximum absolute atomic E-state index is 12.4. The first-order chi connectivity index (χ1) is 9.78. The number of anilines is 1. The molecule has 2 aromatic rings. The van der Waals surface area contributed by atoms with Crippen LogP contribution in [0, 0.1) is 6.92 Å². The van der Waals surface area contributed by atoms with Crippen molar-refractivity contribution < 1.29 is 8.42 Å². The van der Waals surface area contributed by atoms with E-state index < -0.39 is 10.0 Å². The van der Waals surface area contributed by atoms with Gasteiger partial charge < -0.3 is 5.73 Å². The fraction of sp³-hybridized carbons (Fsp3) is 0.286. The van der Waals surface area contributed by atoms with Crippen molar-refractivity contribution in [2.45, 2.75) is 31.2 Å². The largest absolute Gasteiger partial charge is 0.399 e. The number of thiophene rings is 1. The Hall–Kier alpha value is -0.890. The number of halogens is 1. The molecule has 1 aromatic carbocycles. The van der Waals surface area contributed by atoms with Gasteiger partial charge in [0.05, 0.1) is 4.90 Å². The molecule has 2 rings (SSSR count). The molecule has 4 nitrogen and oxygen atoms in total. The van der Waals surface area contributed by atoms with Crippen molar-refractivity contribution in [3.05, 3.63) is 44.6 Å². The van der Waals surface area contributed by atoms with Crippen molar-refractivity contribution in [3.8, 4) is 0 Å². The molecule has 3 N–H and O–H groups in total. The minimum atomic E-state index is -3.57. The molecule has 1 unspecified atom stereocenters. The van der Waals surface area contributed by atoms with Gasteiger partial charge in [-0.3, -0.25) is 0 Å². The third-order valence-corrected chi connectivity index (χ3v) is 6.49. The lowest BCUT2D eigenvalue weighted by Gasteiger charge is -2.14. The Morgan fingerprint density at radius 3 is 2.62 bits per heavy atom. The Balaban J connectivity index is 2.13. The van der Waals surface area contributed by atoms with Gasteiger partial charge in [0, 0.05) is 26.0 Å². The Morgan fingerprint density at radius 2 is 2.05 bits per heavy atom. The third-order valence-electron chi connectivity index (χ3n) is 2.91. The highest BCUT2D eigenvalue weighted by Crippen LogP contribution is 2.25. The molecular weight excluding hydrogens is 372 g/mol. The van der Waals surface area contributed by atoms with Gasteiger partial charge in [-0.15, -0.1) is 11.3 Å². The van der Waals surface area contributed by atoms with Crippen LogP contribution in [0.3, 0.4) is 0 Å². The monoisotopic (exact) mass is 388 g/mol. The lowest BCUT2D eigenvalue weighted by atomic mass is 10.2. The van der Waals surface area contributed by atoms with Crippen molar-refractivity contribution in [3.63, 3.8) is 0 Å². The number of hydrogen-bond acceptors (Lipinski definition) is 4. The van der Waals surface area contributed by atoms with Crippen LogP contribution in [0.15, 0.2) is 39.7 Å². The number of sulfonamides is 1. The van der Waals surface area contributed by atoms with Gasteiger partial charge in [-0.25, -0.2) is 13.1 Å². The van der Waals surface area contributed by atoms with Crippen LogP contribution in [0.1, 0.15) is 16.7 Å². The van der Waals surface area contributed by atoms with E-state index in [1.54, 1.807) is 23.5 Å². The molecule has 1 atom stereocenters. The number of benzene rings is 1. The third kappa shape index (κ3) is 4.29. The molecule has 0 aliphatic heterocycles. The Morgan fingerprint density at radius 1 is 1.33 bits per heavy atom. The van der Waals surface area contributed by atoms with Crippen molar-refractivity contribution in [1.82, 2.24) is 4.72 Å². The van der Waals surface area contributed by atoms with Crippen molar-refractivity contribution in [1.29, 1.82) is 0 Å². The first-order valence-electron chi connectivity index (χ1n) is 6.40. The SMILES string of the molecule is Cc1ccc(CC(C)NS(=O)(=O)c2ccc(N)cc2Br)s1. The summed E-state index contributed by atoms with van der Waals surface area (Å²) in [7, 11) is -3.57. The fourth-order valence-corrected chi connectivity index (χ4v) is 5.36. The van der Waals surface area contributed by atoms with E-state index in [-0.39, 0.29) is 10.9 Å². The molecule has 0 bridgehead atoms. The molecule has 114 valence electrons. The van der Waals surface area contributed by atoms with Crippen LogP contribution in [-0.4, -0.2) is 14.5 Å². The van der Waals surface area contributed by atoms with Crippen molar-refractivity contribution >= 4 is 43.0 Å². The summed E-state index contributed by atoms with van der Waals surface area (Å²) in [5.41, 5.74) is 6.15. The summed E-state index contributed by atoms with van der Waals surface area (Å²) in [5.74, 6) is 0. The van der Waals surface area contributed by atoms with Crippen LogP contribution in [0.25, 0.3) is 0 Å². The lowest BCUT2D eigenvalue weighted by Crippen LogP contribution is -2.34. The summed E-state index contributed by atoms with van der Waals surface area (Å²) in [6.07, 6.45) is 0.671. The quantitative estimate of drug-likeness (QED) is 0.771. The van der Waals surface area contributed by atoms with Gasteiger partial charge in [0.15, 0.2) is 0 Å². The average molecular weight is 389 g/mol. The normalized spacial score (nSPS) is 13.3. The van der Waals surface area contributed by atoms with Gasteiger partial charge in [0.25, 0.3) is 0 Å². The van der Waals surface area contributed by atoms with Crippen LogP contribution in [0.5, 0.6) is 0 Å². The molecule has 0 radical (unpaired) electrons. The first-order valence-corrected chi connectivity index (χ1v) is 9.50. The number of aryl methyl sites for hydroxylation is 1. The smallest absolute Gasteiger partial charge is 0.241 e. The second-order valence-electron chi connectivity index (χ2n) is 4.93. The topological polar surface area (TPSA) is 72.2 Å². The lowest BCUT2D eigenvalue weighted by molar-refractivity contribution is 0.560. The Kier molecular flexibility index (Phi) is 5.08. The van der Waals surface area contributed by atoms with Crippen LogP contribution >= 0.6 is 27.3 Å². The molecule has 7 heteroatoms. The van der Waals surface area contributed by atoms with E-state index in [1.807, 2.05) is 26.0 Å².